The van der Waals surface area contributed by atoms with E-state index in [4.69, 9.17) is 15.4 Å². The molecule has 7 heteroatoms. The summed E-state index contributed by atoms with van der Waals surface area (Å²) in [4.78, 5) is 5.52. The fourth-order valence-electron chi connectivity index (χ4n) is 2.01. The summed E-state index contributed by atoms with van der Waals surface area (Å²) in [7, 11) is 1.68. The summed E-state index contributed by atoms with van der Waals surface area (Å²) in [6, 6.07) is 3.13. The number of aromatic nitrogens is 1. The monoisotopic (exact) mass is 345 g/mol. The van der Waals surface area contributed by atoms with Gasteiger partial charge < -0.3 is 4.74 Å². The molecule has 0 atom stereocenters. The summed E-state index contributed by atoms with van der Waals surface area (Å²) in [5.74, 6) is 0.679. The van der Waals surface area contributed by atoms with Crippen molar-refractivity contribution in [3.63, 3.8) is 0 Å². The van der Waals surface area contributed by atoms with Crippen LogP contribution in [0.3, 0.4) is 0 Å². The largest absolute Gasteiger partial charge is 0.493 e. The summed E-state index contributed by atoms with van der Waals surface area (Å²) in [5.41, 5.74) is 4.26. The van der Waals surface area contributed by atoms with Crippen LogP contribution in [0.25, 0.3) is 0 Å². The molecule has 114 valence electrons. The highest BCUT2D eigenvalue weighted by molar-refractivity contribution is 8.13. The van der Waals surface area contributed by atoms with E-state index in [2.05, 4.69) is 4.98 Å². The lowest BCUT2D eigenvalue weighted by atomic mass is 10.1. The number of halogens is 1. The first-order chi connectivity index (χ1) is 9.80. The van der Waals surface area contributed by atoms with Crippen LogP contribution in [-0.2, 0) is 15.5 Å². The van der Waals surface area contributed by atoms with Crippen molar-refractivity contribution in [3.05, 3.63) is 39.3 Å². The first-order valence-electron chi connectivity index (χ1n) is 6.37. The molecule has 0 radical (unpaired) electrons. The molecule has 0 aliphatic carbocycles. The minimum atomic E-state index is -3.72. The molecular weight excluding hydrogens is 330 g/mol. The lowest BCUT2D eigenvalue weighted by molar-refractivity contribution is 0.320. The van der Waals surface area contributed by atoms with Gasteiger partial charge in [-0.05, 0) is 44.0 Å². The Kier molecular flexibility index (Phi) is 4.91. The molecule has 0 aliphatic heterocycles. The standard InChI is InChI=1S/C14H16ClNO3S2/c1-9-10(2)14(21(15,17)18)5-4-12(9)19-7-6-13-11(3)16-8-20-13/h4-5,8H,6-7H2,1-3H3. The third kappa shape index (κ3) is 3.75. The molecule has 1 aromatic carbocycles. The third-order valence-electron chi connectivity index (χ3n) is 3.38. The van der Waals surface area contributed by atoms with Gasteiger partial charge in [0.05, 0.1) is 22.7 Å². The summed E-state index contributed by atoms with van der Waals surface area (Å²) < 4.78 is 28.6. The van der Waals surface area contributed by atoms with Gasteiger partial charge >= 0.3 is 0 Å². The van der Waals surface area contributed by atoms with E-state index in [1.165, 1.54) is 10.9 Å². The molecule has 2 aromatic rings. The van der Waals surface area contributed by atoms with Crippen molar-refractivity contribution in [1.82, 2.24) is 4.98 Å². The van der Waals surface area contributed by atoms with Crippen molar-refractivity contribution in [3.8, 4) is 5.75 Å². The zero-order valence-electron chi connectivity index (χ0n) is 12.0. The molecule has 0 amide bonds. The average Bonchev–Trinajstić information content (AvgIpc) is 2.79. The molecular formula is C14H16ClNO3S2. The number of hydrogen-bond donors (Lipinski definition) is 0. The molecule has 0 saturated heterocycles. The van der Waals surface area contributed by atoms with Gasteiger partial charge in [0.1, 0.15) is 5.75 Å². The van der Waals surface area contributed by atoms with Crippen LogP contribution < -0.4 is 4.74 Å². The highest BCUT2D eigenvalue weighted by atomic mass is 35.7. The molecule has 0 N–H and O–H groups in total. The first kappa shape index (κ1) is 16.3. The molecule has 0 bridgehead atoms. The normalized spacial score (nSPS) is 11.6. The summed E-state index contributed by atoms with van der Waals surface area (Å²) >= 11 is 1.61. The SMILES string of the molecule is Cc1ncsc1CCOc1ccc(S(=O)(=O)Cl)c(C)c1C. The molecule has 0 aliphatic rings. The van der Waals surface area contributed by atoms with Crippen molar-refractivity contribution >= 4 is 31.1 Å². The first-order valence-corrected chi connectivity index (χ1v) is 9.56. The Bertz CT molecular complexity index is 754. The minimum Gasteiger partial charge on any atom is -0.493 e. The van der Waals surface area contributed by atoms with Crippen molar-refractivity contribution in [2.45, 2.75) is 32.1 Å². The van der Waals surface area contributed by atoms with E-state index in [1.807, 2.05) is 19.4 Å². The Balaban J connectivity index is 2.12. The number of benzene rings is 1. The molecule has 0 fully saturated rings. The average molecular weight is 346 g/mol. The van der Waals surface area contributed by atoms with Crippen LogP contribution >= 0.6 is 22.0 Å². The van der Waals surface area contributed by atoms with Gasteiger partial charge in [-0.1, -0.05) is 0 Å². The Morgan fingerprint density at radius 3 is 2.52 bits per heavy atom. The van der Waals surface area contributed by atoms with Crippen LogP contribution in [0.1, 0.15) is 21.7 Å². The highest BCUT2D eigenvalue weighted by Crippen LogP contribution is 2.29. The topological polar surface area (TPSA) is 56.3 Å². The van der Waals surface area contributed by atoms with E-state index in [-0.39, 0.29) is 4.90 Å². The lowest BCUT2D eigenvalue weighted by Gasteiger charge is -2.13. The summed E-state index contributed by atoms with van der Waals surface area (Å²) in [5, 5.41) is 0. The van der Waals surface area contributed by atoms with E-state index < -0.39 is 9.05 Å². The van der Waals surface area contributed by atoms with Crippen LogP contribution in [0, 0.1) is 20.8 Å². The molecule has 4 nitrogen and oxygen atoms in total. The summed E-state index contributed by atoms with van der Waals surface area (Å²) in [6.07, 6.45) is 0.782. The Hall–Kier alpha value is -1.11. The number of thiazole rings is 1. The smallest absolute Gasteiger partial charge is 0.261 e. The second-order valence-corrected chi connectivity index (χ2v) is 8.18. The number of aryl methyl sites for hydroxylation is 1. The van der Waals surface area contributed by atoms with Gasteiger partial charge in [0.15, 0.2) is 0 Å². The van der Waals surface area contributed by atoms with Crippen LogP contribution in [0.15, 0.2) is 22.5 Å². The fraction of sp³-hybridized carbons (Fsp3) is 0.357. The van der Waals surface area contributed by atoms with Crippen molar-refractivity contribution in [2.24, 2.45) is 0 Å². The Labute approximate surface area is 133 Å². The molecule has 21 heavy (non-hydrogen) atoms. The second kappa shape index (κ2) is 6.34. The maximum atomic E-state index is 11.4. The quantitative estimate of drug-likeness (QED) is 0.777. The Morgan fingerprint density at radius 2 is 1.95 bits per heavy atom. The van der Waals surface area contributed by atoms with Crippen molar-refractivity contribution in [1.29, 1.82) is 0 Å². The van der Waals surface area contributed by atoms with E-state index in [0.29, 0.717) is 17.9 Å². The number of rotatable bonds is 5. The lowest BCUT2D eigenvalue weighted by Crippen LogP contribution is -2.05. The molecule has 1 aromatic heterocycles. The molecule has 2 rings (SSSR count). The second-order valence-electron chi connectivity index (χ2n) is 4.71. The molecule has 0 unspecified atom stereocenters. The van der Waals surface area contributed by atoms with Gasteiger partial charge in [-0.3, -0.25) is 0 Å². The number of nitrogens with zero attached hydrogens (tertiary/aromatic N) is 1. The van der Waals surface area contributed by atoms with E-state index in [0.717, 1.165) is 17.7 Å². The van der Waals surface area contributed by atoms with E-state index in [9.17, 15) is 8.42 Å². The molecule has 0 saturated carbocycles. The number of ether oxygens (including phenoxy) is 1. The number of hydrogen-bond acceptors (Lipinski definition) is 5. The molecule has 0 spiro atoms. The van der Waals surface area contributed by atoms with Gasteiger partial charge in [-0.15, -0.1) is 11.3 Å². The van der Waals surface area contributed by atoms with Crippen molar-refractivity contribution < 1.29 is 13.2 Å². The summed E-state index contributed by atoms with van der Waals surface area (Å²) in [6.45, 7) is 6.05. The van der Waals surface area contributed by atoms with E-state index in [1.54, 1.807) is 24.3 Å². The Morgan fingerprint density at radius 1 is 1.24 bits per heavy atom. The van der Waals surface area contributed by atoms with Gasteiger partial charge in [0, 0.05) is 22.0 Å². The van der Waals surface area contributed by atoms with Crippen molar-refractivity contribution in [2.75, 3.05) is 6.61 Å². The highest BCUT2D eigenvalue weighted by Gasteiger charge is 2.17. The van der Waals surface area contributed by atoms with Crippen LogP contribution in [-0.4, -0.2) is 20.0 Å². The van der Waals surface area contributed by atoms with Gasteiger partial charge in [-0.2, -0.15) is 0 Å². The van der Waals surface area contributed by atoms with Crippen LogP contribution in [0.2, 0.25) is 0 Å². The van der Waals surface area contributed by atoms with Gasteiger partial charge in [-0.25, -0.2) is 13.4 Å². The zero-order chi connectivity index (χ0) is 15.6. The molecule has 1 heterocycles. The van der Waals surface area contributed by atoms with E-state index >= 15 is 0 Å². The van der Waals surface area contributed by atoms with Crippen LogP contribution in [0.5, 0.6) is 5.75 Å². The third-order valence-corrected chi connectivity index (χ3v) is 5.84. The predicted molar refractivity (Wildman–Crippen MR) is 85.0 cm³/mol. The maximum Gasteiger partial charge on any atom is 0.261 e. The van der Waals surface area contributed by atoms with Gasteiger partial charge in [0.2, 0.25) is 0 Å². The predicted octanol–water partition coefficient (Wildman–Crippen LogP) is 3.62. The van der Waals surface area contributed by atoms with Gasteiger partial charge in [0.25, 0.3) is 9.05 Å². The van der Waals surface area contributed by atoms with Crippen LogP contribution in [0.4, 0.5) is 0 Å². The zero-order valence-corrected chi connectivity index (χ0v) is 14.4. The minimum absolute atomic E-state index is 0.132. The fourth-order valence-corrected chi connectivity index (χ4v) is 4.02. The maximum absolute atomic E-state index is 11.4.